The lowest BCUT2D eigenvalue weighted by Crippen LogP contribution is -2.31. The van der Waals surface area contributed by atoms with E-state index >= 15 is 0 Å². The second-order valence-electron chi connectivity index (χ2n) is 4.71. The van der Waals surface area contributed by atoms with Gasteiger partial charge in [-0.25, -0.2) is 0 Å². The van der Waals surface area contributed by atoms with Crippen LogP contribution in [0.3, 0.4) is 0 Å². The first-order chi connectivity index (χ1) is 8.34. The minimum Gasteiger partial charge on any atom is -0.481 e. The molecule has 0 radical (unpaired) electrons. The molecule has 2 N–H and O–H groups in total. The number of benzene rings is 1. The lowest BCUT2D eigenvalue weighted by atomic mass is 9.98. The van der Waals surface area contributed by atoms with Crippen molar-refractivity contribution in [2.75, 3.05) is 5.32 Å². The van der Waals surface area contributed by atoms with Crippen molar-refractivity contribution >= 4 is 23.3 Å². The third-order valence-electron chi connectivity index (χ3n) is 2.54. The summed E-state index contributed by atoms with van der Waals surface area (Å²) >= 11 is 6.05. The van der Waals surface area contributed by atoms with Gasteiger partial charge in [-0.2, -0.15) is 5.26 Å². The number of nitrogens with one attached hydrogen (secondary N) is 1. The van der Waals surface area contributed by atoms with Gasteiger partial charge in [0.15, 0.2) is 0 Å². The Morgan fingerprint density at radius 1 is 1.56 bits per heavy atom. The first-order valence-electron chi connectivity index (χ1n) is 5.54. The molecular formula is C13H15ClN2O2. The highest BCUT2D eigenvalue weighted by atomic mass is 35.5. The molecule has 0 saturated carbocycles. The van der Waals surface area contributed by atoms with Crippen LogP contribution < -0.4 is 5.32 Å². The molecule has 0 aromatic heterocycles. The van der Waals surface area contributed by atoms with Crippen molar-refractivity contribution in [2.24, 2.45) is 0 Å². The quantitative estimate of drug-likeness (QED) is 0.858. The van der Waals surface area contributed by atoms with E-state index in [0.717, 1.165) is 0 Å². The van der Waals surface area contributed by atoms with Gasteiger partial charge < -0.3 is 10.4 Å². The molecule has 0 heterocycles. The summed E-state index contributed by atoms with van der Waals surface area (Å²) in [6.07, 6.45) is 0.576. The Balaban J connectivity index is 2.78. The smallest absolute Gasteiger partial charge is 0.303 e. The van der Waals surface area contributed by atoms with Gasteiger partial charge in [-0.1, -0.05) is 11.6 Å². The molecule has 0 fully saturated rings. The number of aliphatic carboxylic acids is 1. The molecule has 0 amide bonds. The lowest BCUT2D eigenvalue weighted by Gasteiger charge is -2.27. The highest BCUT2D eigenvalue weighted by Crippen LogP contribution is 2.27. The van der Waals surface area contributed by atoms with Crippen LogP contribution in [-0.4, -0.2) is 16.6 Å². The predicted octanol–water partition coefficient (Wildman–Crippen LogP) is 3.27. The van der Waals surface area contributed by atoms with Crippen molar-refractivity contribution in [3.05, 3.63) is 28.8 Å². The first kappa shape index (κ1) is 14.3. The summed E-state index contributed by atoms with van der Waals surface area (Å²) in [5.41, 5.74) is 0.816. The van der Waals surface area contributed by atoms with Gasteiger partial charge in [0.1, 0.15) is 0 Å². The zero-order valence-electron chi connectivity index (χ0n) is 10.3. The standard InChI is InChI=1S/C13H15ClN2O2/c1-13(2,6-5-12(17)18)16-11-4-3-9(8-15)7-10(11)14/h3-4,7,16H,5-6H2,1-2H3,(H,17,18). The van der Waals surface area contributed by atoms with E-state index in [1.165, 1.54) is 0 Å². The Bertz CT molecular complexity index is 492. The van der Waals surface area contributed by atoms with Crippen molar-refractivity contribution in [2.45, 2.75) is 32.2 Å². The Kier molecular flexibility index (Phi) is 4.57. The summed E-state index contributed by atoms with van der Waals surface area (Å²) in [7, 11) is 0. The van der Waals surface area contributed by atoms with E-state index in [1.807, 2.05) is 19.9 Å². The lowest BCUT2D eigenvalue weighted by molar-refractivity contribution is -0.137. The molecule has 96 valence electrons. The summed E-state index contributed by atoms with van der Waals surface area (Å²) in [4.78, 5) is 10.6. The zero-order chi connectivity index (χ0) is 13.8. The maximum Gasteiger partial charge on any atom is 0.303 e. The highest BCUT2D eigenvalue weighted by Gasteiger charge is 2.19. The number of carbonyl (C=O) groups is 1. The molecular weight excluding hydrogens is 252 g/mol. The minimum absolute atomic E-state index is 0.0912. The van der Waals surface area contributed by atoms with Gasteiger partial charge in [0, 0.05) is 12.0 Å². The van der Waals surface area contributed by atoms with Gasteiger partial charge in [-0.3, -0.25) is 4.79 Å². The fourth-order valence-electron chi connectivity index (χ4n) is 1.53. The van der Waals surface area contributed by atoms with Crippen LogP contribution in [0.5, 0.6) is 0 Å². The van der Waals surface area contributed by atoms with E-state index in [4.69, 9.17) is 22.0 Å². The van der Waals surface area contributed by atoms with Crippen LogP contribution in [0.4, 0.5) is 5.69 Å². The Labute approximate surface area is 111 Å². The van der Waals surface area contributed by atoms with Gasteiger partial charge in [0.05, 0.1) is 22.3 Å². The summed E-state index contributed by atoms with van der Waals surface area (Å²) in [6, 6.07) is 6.98. The second kappa shape index (κ2) is 5.74. The van der Waals surface area contributed by atoms with Gasteiger partial charge >= 0.3 is 5.97 Å². The number of carboxylic acid groups (broad SMARTS) is 1. The maximum atomic E-state index is 10.6. The SMILES string of the molecule is CC(C)(CCC(=O)O)Nc1ccc(C#N)cc1Cl. The van der Waals surface area contributed by atoms with Gasteiger partial charge in [0.2, 0.25) is 0 Å². The van der Waals surface area contributed by atoms with Crippen LogP contribution in [0.15, 0.2) is 18.2 Å². The fourth-order valence-corrected chi connectivity index (χ4v) is 1.76. The summed E-state index contributed by atoms with van der Waals surface area (Å²) < 4.78 is 0. The molecule has 0 bridgehead atoms. The van der Waals surface area contributed by atoms with Crippen LogP contribution in [0, 0.1) is 11.3 Å². The number of hydrogen-bond donors (Lipinski definition) is 2. The number of rotatable bonds is 5. The predicted molar refractivity (Wildman–Crippen MR) is 70.7 cm³/mol. The van der Waals surface area contributed by atoms with Crippen molar-refractivity contribution in [3.63, 3.8) is 0 Å². The molecule has 0 aliphatic rings. The molecule has 1 rings (SSSR count). The van der Waals surface area contributed by atoms with Gasteiger partial charge in [-0.15, -0.1) is 0 Å². The summed E-state index contributed by atoms with van der Waals surface area (Å²) in [5, 5.41) is 21.1. The van der Waals surface area contributed by atoms with E-state index in [-0.39, 0.29) is 12.0 Å². The van der Waals surface area contributed by atoms with Gasteiger partial charge in [0.25, 0.3) is 0 Å². The third kappa shape index (κ3) is 4.27. The molecule has 0 spiro atoms. The van der Waals surface area contributed by atoms with Crippen molar-refractivity contribution < 1.29 is 9.90 Å². The molecule has 1 aromatic rings. The Hall–Kier alpha value is -1.73. The Morgan fingerprint density at radius 3 is 2.72 bits per heavy atom. The Morgan fingerprint density at radius 2 is 2.22 bits per heavy atom. The maximum absolute atomic E-state index is 10.6. The van der Waals surface area contributed by atoms with Crippen LogP contribution in [0.25, 0.3) is 0 Å². The molecule has 0 aliphatic heterocycles. The number of nitrogens with zero attached hydrogens (tertiary/aromatic N) is 1. The number of halogens is 1. The van der Waals surface area contributed by atoms with E-state index < -0.39 is 5.97 Å². The molecule has 5 heteroatoms. The molecule has 0 unspecified atom stereocenters. The van der Waals surface area contributed by atoms with E-state index in [9.17, 15) is 4.79 Å². The first-order valence-corrected chi connectivity index (χ1v) is 5.91. The number of anilines is 1. The fraction of sp³-hybridized carbons (Fsp3) is 0.385. The van der Waals surface area contributed by atoms with E-state index in [1.54, 1.807) is 18.2 Å². The van der Waals surface area contributed by atoms with E-state index in [0.29, 0.717) is 22.7 Å². The van der Waals surface area contributed by atoms with Crippen molar-refractivity contribution in [1.82, 2.24) is 0 Å². The van der Waals surface area contributed by atoms with Crippen molar-refractivity contribution in [1.29, 1.82) is 5.26 Å². The van der Waals surface area contributed by atoms with Crippen molar-refractivity contribution in [3.8, 4) is 6.07 Å². The van der Waals surface area contributed by atoms with Crippen LogP contribution >= 0.6 is 11.6 Å². The number of nitriles is 1. The molecule has 0 saturated heterocycles. The van der Waals surface area contributed by atoms with Crippen LogP contribution in [0.1, 0.15) is 32.3 Å². The minimum atomic E-state index is -0.823. The van der Waals surface area contributed by atoms with E-state index in [2.05, 4.69) is 5.32 Å². The third-order valence-corrected chi connectivity index (χ3v) is 2.85. The van der Waals surface area contributed by atoms with Crippen LogP contribution in [0.2, 0.25) is 5.02 Å². The average molecular weight is 267 g/mol. The molecule has 4 nitrogen and oxygen atoms in total. The highest BCUT2D eigenvalue weighted by molar-refractivity contribution is 6.33. The van der Waals surface area contributed by atoms with Gasteiger partial charge in [-0.05, 0) is 38.5 Å². The topological polar surface area (TPSA) is 73.1 Å². The molecule has 0 atom stereocenters. The van der Waals surface area contributed by atoms with Crippen LogP contribution in [-0.2, 0) is 4.79 Å². The second-order valence-corrected chi connectivity index (χ2v) is 5.12. The number of hydrogen-bond acceptors (Lipinski definition) is 3. The molecule has 18 heavy (non-hydrogen) atoms. The zero-order valence-corrected chi connectivity index (χ0v) is 11.1. The summed E-state index contributed by atoms with van der Waals surface area (Å²) in [6.45, 7) is 3.81. The molecule has 1 aromatic carbocycles. The number of carboxylic acids is 1. The largest absolute Gasteiger partial charge is 0.481 e. The molecule has 0 aliphatic carbocycles. The average Bonchev–Trinajstić information content (AvgIpc) is 2.29. The normalized spacial score (nSPS) is 10.8. The summed E-state index contributed by atoms with van der Waals surface area (Å²) in [5.74, 6) is -0.823. The monoisotopic (exact) mass is 266 g/mol.